The van der Waals surface area contributed by atoms with Gasteiger partial charge in [-0.25, -0.2) is 0 Å². The van der Waals surface area contributed by atoms with Crippen LogP contribution in [0.5, 0.6) is 11.5 Å². The van der Waals surface area contributed by atoms with Crippen LogP contribution in [0.3, 0.4) is 0 Å². The highest BCUT2D eigenvalue weighted by Crippen LogP contribution is 2.28. The molecule has 6 heteroatoms. The molecule has 1 heterocycles. The van der Waals surface area contributed by atoms with Crippen molar-refractivity contribution in [3.63, 3.8) is 0 Å². The summed E-state index contributed by atoms with van der Waals surface area (Å²) in [5.74, 6) is 2.04. The van der Waals surface area contributed by atoms with Gasteiger partial charge in [0.25, 0.3) is 0 Å². The van der Waals surface area contributed by atoms with Gasteiger partial charge in [-0.1, -0.05) is 40.6 Å². The fourth-order valence-corrected chi connectivity index (χ4v) is 2.44. The van der Waals surface area contributed by atoms with E-state index in [4.69, 9.17) is 18.8 Å². The molecule has 0 aliphatic carbocycles. The molecule has 0 aliphatic rings. The van der Waals surface area contributed by atoms with Crippen LogP contribution < -0.4 is 9.47 Å². The number of oxime groups is 1. The number of methoxy groups -OCH3 is 1. The van der Waals surface area contributed by atoms with Crippen LogP contribution in [0.4, 0.5) is 0 Å². The predicted molar refractivity (Wildman–Crippen MR) is 103 cm³/mol. The first-order valence-electron chi connectivity index (χ1n) is 8.66. The van der Waals surface area contributed by atoms with Gasteiger partial charge in [0.15, 0.2) is 23.9 Å². The van der Waals surface area contributed by atoms with E-state index in [2.05, 4.69) is 10.3 Å². The molecular weight excluding hydrogens is 344 g/mol. The van der Waals surface area contributed by atoms with E-state index in [-0.39, 0.29) is 12.7 Å². The molecule has 0 atom stereocenters. The molecule has 0 saturated carbocycles. The molecule has 0 unspecified atom stereocenters. The molecule has 0 amide bonds. The zero-order chi connectivity index (χ0) is 19.1. The van der Waals surface area contributed by atoms with E-state index in [9.17, 15) is 0 Å². The van der Waals surface area contributed by atoms with E-state index in [1.807, 2.05) is 68.4 Å². The average Bonchev–Trinajstić information content (AvgIpc) is 3.15. The third-order valence-corrected chi connectivity index (χ3v) is 3.66. The second-order valence-electron chi connectivity index (χ2n) is 6.13. The molecule has 3 rings (SSSR count). The van der Waals surface area contributed by atoms with Gasteiger partial charge in [-0.2, -0.15) is 0 Å². The van der Waals surface area contributed by atoms with Crippen LogP contribution in [-0.4, -0.2) is 24.6 Å². The minimum Gasteiger partial charge on any atom is -0.493 e. The number of ether oxygens (including phenoxy) is 2. The SMILES string of the molecule is COc1cc(/C=N\OCc2cc(-c3ccccc3)on2)ccc1OC(C)C. The Bertz CT molecular complexity index is 888. The number of aromatic nitrogens is 1. The second kappa shape index (κ2) is 8.89. The maximum atomic E-state index is 5.69. The van der Waals surface area contributed by atoms with Crippen LogP contribution in [0, 0.1) is 0 Å². The number of rotatable bonds is 8. The monoisotopic (exact) mass is 366 g/mol. The maximum absolute atomic E-state index is 5.69. The quantitative estimate of drug-likeness (QED) is 0.427. The molecule has 1 aromatic heterocycles. The Morgan fingerprint density at radius 2 is 1.89 bits per heavy atom. The van der Waals surface area contributed by atoms with Gasteiger partial charge in [-0.05, 0) is 32.0 Å². The molecule has 27 heavy (non-hydrogen) atoms. The molecule has 0 N–H and O–H groups in total. The molecule has 0 bridgehead atoms. The van der Waals surface area contributed by atoms with Crippen molar-refractivity contribution in [2.45, 2.75) is 26.6 Å². The van der Waals surface area contributed by atoms with Gasteiger partial charge in [-0.15, -0.1) is 0 Å². The van der Waals surface area contributed by atoms with Gasteiger partial charge in [0.2, 0.25) is 0 Å². The summed E-state index contributed by atoms with van der Waals surface area (Å²) in [4.78, 5) is 5.32. The zero-order valence-electron chi connectivity index (χ0n) is 15.6. The number of hydrogen-bond donors (Lipinski definition) is 0. The van der Waals surface area contributed by atoms with E-state index in [1.165, 1.54) is 0 Å². The lowest BCUT2D eigenvalue weighted by atomic mass is 10.2. The Labute approximate surface area is 158 Å². The summed E-state index contributed by atoms with van der Waals surface area (Å²) >= 11 is 0. The lowest BCUT2D eigenvalue weighted by Gasteiger charge is -2.13. The van der Waals surface area contributed by atoms with Crippen LogP contribution in [0.25, 0.3) is 11.3 Å². The summed E-state index contributed by atoms with van der Waals surface area (Å²) in [5, 5.41) is 7.98. The van der Waals surface area contributed by atoms with Crippen molar-refractivity contribution in [3.8, 4) is 22.8 Å². The fourth-order valence-electron chi connectivity index (χ4n) is 2.44. The van der Waals surface area contributed by atoms with Gasteiger partial charge in [-0.3, -0.25) is 0 Å². The first-order chi connectivity index (χ1) is 13.2. The molecule has 2 aromatic carbocycles. The van der Waals surface area contributed by atoms with E-state index in [0.717, 1.165) is 11.1 Å². The lowest BCUT2D eigenvalue weighted by Crippen LogP contribution is -2.06. The molecule has 140 valence electrons. The van der Waals surface area contributed by atoms with E-state index in [0.29, 0.717) is 23.0 Å². The smallest absolute Gasteiger partial charge is 0.167 e. The molecule has 3 aromatic rings. The highest BCUT2D eigenvalue weighted by molar-refractivity contribution is 5.80. The van der Waals surface area contributed by atoms with Crippen LogP contribution in [-0.2, 0) is 11.4 Å². The van der Waals surface area contributed by atoms with Crippen LogP contribution in [0.2, 0.25) is 0 Å². The van der Waals surface area contributed by atoms with Crippen molar-refractivity contribution in [1.29, 1.82) is 0 Å². The summed E-state index contributed by atoms with van der Waals surface area (Å²) in [6.45, 7) is 4.16. The highest BCUT2D eigenvalue weighted by atomic mass is 16.6. The molecular formula is C21H22N2O4. The van der Waals surface area contributed by atoms with Crippen LogP contribution >= 0.6 is 0 Å². The number of benzene rings is 2. The van der Waals surface area contributed by atoms with Crippen molar-refractivity contribution in [1.82, 2.24) is 5.16 Å². The molecule has 0 fully saturated rings. The van der Waals surface area contributed by atoms with Crippen molar-refractivity contribution >= 4 is 6.21 Å². The Morgan fingerprint density at radius 1 is 1.07 bits per heavy atom. The normalized spacial score (nSPS) is 11.1. The first kappa shape index (κ1) is 18.5. The third kappa shape index (κ3) is 5.10. The molecule has 0 spiro atoms. The highest BCUT2D eigenvalue weighted by Gasteiger charge is 2.08. The van der Waals surface area contributed by atoms with E-state index < -0.39 is 0 Å². The van der Waals surface area contributed by atoms with Crippen molar-refractivity contribution in [2.75, 3.05) is 7.11 Å². The minimum atomic E-state index is 0.0741. The second-order valence-corrected chi connectivity index (χ2v) is 6.13. The van der Waals surface area contributed by atoms with Crippen molar-refractivity contribution < 1.29 is 18.8 Å². The third-order valence-electron chi connectivity index (χ3n) is 3.66. The number of nitrogens with zero attached hydrogens (tertiary/aromatic N) is 2. The summed E-state index contributed by atoms with van der Waals surface area (Å²) in [6, 6.07) is 17.2. The lowest BCUT2D eigenvalue weighted by molar-refractivity contribution is 0.126. The largest absolute Gasteiger partial charge is 0.493 e. The Kier molecular flexibility index (Phi) is 6.10. The molecule has 6 nitrogen and oxygen atoms in total. The average molecular weight is 366 g/mol. The van der Waals surface area contributed by atoms with E-state index in [1.54, 1.807) is 13.3 Å². The topological polar surface area (TPSA) is 66.1 Å². The van der Waals surface area contributed by atoms with Gasteiger partial charge in [0.05, 0.1) is 19.4 Å². The van der Waals surface area contributed by atoms with Crippen molar-refractivity contribution in [3.05, 3.63) is 65.9 Å². The van der Waals surface area contributed by atoms with Crippen LogP contribution in [0.15, 0.2) is 64.3 Å². The van der Waals surface area contributed by atoms with Gasteiger partial charge < -0.3 is 18.8 Å². The van der Waals surface area contributed by atoms with Crippen molar-refractivity contribution in [2.24, 2.45) is 5.16 Å². The summed E-state index contributed by atoms with van der Waals surface area (Å²) in [6.07, 6.45) is 1.69. The summed E-state index contributed by atoms with van der Waals surface area (Å²) < 4.78 is 16.4. The number of hydrogen-bond acceptors (Lipinski definition) is 6. The predicted octanol–water partition coefficient (Wildman–Crippen LogP) is 4.69. The van der Waals surface area contributed by atoms with Crippen LogP contribution in [0.1, 0.15) is 25.1 Å². The summed E-state index contributed by atoms with van der Waals surface area (Å²) in [7, 11) is 1.61. The Hall–Kier alpha value is -3.28. The standard InChI is InChI=1S/C21H22N2O4/c1-15(2)26-19-10-9-16(11-21(19)24-3)13-22-25-14-18-12-20(27-23-18)17-7-5-4-6-8-17/h4-13,15H,14H2,1-3H3/b22-13-. The summed E-state index contributed by atoms with van der Waals surface area (Å²) in [5.41, 5.74) is 2.48. The molecule has 0 radical (unpaired) electrons. The molecule has 0 aliphatic heterocycles. The Morgan fingerprint density at radius 3 is 2.63 bits per heavy atom. The zero-order valence-corrected chi connectivity index (χ0v) is 15.6. The van der Waals surface area contributed by atoms with Gasteiger partial charge >= 0.3 is 0 Å². The minimum absolute atomic E-state index is 0.0741. The fraction of sp³-hybridized carbons (Fsp3) is 0.238. The van der Waals surface area contributed by atoms with Gasteiger partial charge in [0, 0.05) is 17.2 Å². The molecule has 0 saturated heterocycles. The first-order valence-corrected chi connectivity index (χ1v) is 8.66. The maximum Gasteiger partial charge on any atom is 0.167 e. The Balaban J connectivity index is 1.57. The van der Waals surface area contributed by atoms with E-state index >= 15 is 0 Å². The van der Waals surface area contributed by atoms with Gasteiger partial charge in [0.1, 0.15) is 5.69 Å².